The highest BCUT2D eigenvalue weighted by Crippen LogP contribution is 2.23. The van der Waals surface area contributed by atoms with Crippen molar-refractivity contribution < 1.29 is 21.7 Å². The zero-order valence-electron chi connectivity index (χ0n) is 11.5. The van der Waals surface area contributed by atoms with E-state index in [9.17, 15) is 17.2 Å². The van der Waals surface area contributed by atoms with E-state index in [4.69, 9.17) is 4.52 Å². The predicted octanol–water partition coefficient (Wildman–Crippen LogP) is 1.42. The lowest BCUT2D eigenvalue weighted by molar-refractivity contribution is 0.140. The van der Waals surface area contributed by atoms with E-state index < -0.39 is 33.5 Å². The highest BCUT2D eigenvalue weighted by Gasteiger charge is 2.25. The summed E-state index contributed by atoms with van der Waals surface area (Å²) in [5.41, 5.74) is -0.492. The fourth-order valence-electron chi connectivity index (χ4n) is 1.85. The fraction of sp³-hybridized carbons (Fsp3) is 0.545. The summed E-state index contributed by atoms with van der Waals surface area (Å²) in [4.78, 5) is 0. The molecule has 7 nitrogen and oxygen atoms in total. The summed E-state index contributed by atoms with van der Waals surface area (Å²) in [6.07, 6.45) is -2.25. The molecule has 0 aliphatic heterocycles. The quantitative estimate of drug-likeness (QED) is 0.799. The summed E-state index contributed by atoms with van der Waals surface area (Å²) in [6, 6.07) is 1.53. The lowest BCUT2D eigenvalue weighted by atomic mass is 10.3. The first-order valence-corrected chi connectivity index (χ1v) is 7.96. The highest BCUT2D eigenvalue weighted by molar-refractivity contribution is 7.89. The maximum absolute atomic E-state index is 12.8. The molecule has 0 N–H and O–H groups in total. The molecule has 10 heteroatoms. The van der Waals surface area contributed by atoms with Crippen LogP contribution in [0.5, 0.6) is 0 Å². The van der Waals surface area contributed by atoms with Crippen LogP contribution < -0.4 is 0 Å². The standard InChI is InChI=1S/C11H14F2N4O3S/c1-3-8-4-7(15-20-8)5-21(18,19)6-9-10(11(12)13)17(2)16-14-9/h4,11H,3,5-6H2,1-2H3. The van der Waals surface area contributed by atoms with Crippen LogP contribution in [0.1, 0.15) is 36.2 Å². The second kappa shape index (κ2) is 5.88. The van der Waals surface area contributed by atoms with Gasteiger partial charge in [-0.1, -0.05) is 17.3 Å². The molecule has 0 saturated carbocycles. The summed E-state index contributed by atoms with van der Waals surface area (Å²) in [5, 5.41) is 10.6. The Kier molecular flexibility index (Phi) is 4.35. The van der Waals surface area contributed by atoms with Gasteiger partial charge in [0.15, 0.2) is 9.84 Å². The number of hydrogen-bond donors (Lipinski definition) is 0. The van der Waals surface area contributed by atoms with Crippen molar-refractivity contribution in [1.82, 2.24) is 20.2 Å². The van der Waals surface area contributed by atoms with Gasteiger partial charge in [0.25, 0.3) is 6.43 Å². The van der Waals surface area contributed by atoms with Gasteiger partial charge in [0.05, 0.1) is 17.2 Å². The molecule has 0 amide bonds. The molecule has 0 radical (unpaired) electrons. The third kappa shape index (κ3) is 3.63. The third-order valence-electron chi connectivity index (χ3n) is 2.83. The van der Waals surface area contributed by atoms with Crippen LogP contribution in [-0.2, 0) is 34.8 Å². The molecular weight excluding hydrogens is 306 g/mol. The van der Waals surface area contributed by atoms with Crippen LogP contribution in [0.25, 0.3) is 0 Å². The number of rotatable bonds is 6. The van der Waals surface area contributed by atoms with E-state index in [2.05, 4.69) is 15.5 Å². The number of aryl methyl sites for hydroxylation is 2. The van der Waals surface area contributed by atoms with Gasteiger partial charge in [-0.25, -0.2) is 21.9 Å². The molecule has 2 aromatic rings. The summed E-state index contributed by atoms with van der Waals surface area (Å²) in [6.45, 7) is 1.84. The van der Waals surface area contributed by atoms with Crippen LogP contribution in [0.4, 0.5) is 8.78 Å². The monoisotopic (exact) mass is 320 g/mol. The minimum absolute atomic E-state index is 0.244. The van der Waals surface area contributed by atoms with Crippen LogP contribution >= 0.6 is 0 Å². The van der Waals surface area contributed by atoms with Gasteiger partial charge in [-0.05, 0) is 0 Å². The van der Waals surface area contributed by atoms with E-state index in [1.54, 1.807) is 0 Å². The fourth-order valence-corrected chi connectivity index (χ4v) is 3.16. The molecule has 2 heterocycles. The van der Waals surface area contributed by atoms with Crippen molar-refractivity contribution in [2.45, 2.75) is 31.3 Å². The number of hydrogen-bond acceptors (Lipinski definition) is 6. The maximum Gasteiger partial charge on any atom is 0.281 e. The summed E-state index contributed by atoms with van der Waals surface area (Å²) < 4.78 is 55.6. The first-order chi connectivity index (χ1) is 9.82. The largest absolute Gasteiger partial charge is 0.361 e. The Hall–Kier alpha value is -1.84. The zero-order chi connectivity index (χ0) is 15.6. The van der Waals surface area contributed by atoms with Crippen LogP contribution in [0.15, 0.2) is 10.6 Å². The molecular formula is C11H14F2N4O3S. The molecule has 2 rings (SSSR count). The topological polar surface area (TPSA) is 90.9 Å². The molecule has 2 aromatic heterocycles. The first-order valence-electron chi connectivity index (χ1n) is 6.14. The van der Waals surface area contributed by atoms with Gasteiger partial charge >= 0.3 is 0 Å². The van der Waals surface area contributed by atoms with Crippen LogP contribution in [0.2, 0.25) is 0 Å². The van der Waals surface area contributed by atoms with Crippen molar-refractivity contribution in [1.29, 1.82) is 0 Å². The van der Waals surface area contributed by atoms with E-state index in [-0.39, 0.29) is 11.4 Å². The normalized spacial score (nSPS) is 12.2. The Bertz CT molecular complexity index is 724. The lowest BCUT2D eigenvalue weighted by Crippen LogP contribution is -2.10. The van der Waals surface area contributed by atoms with Gasteiger partial charge in [0.2, 0.25) is 0 Å². The molecule has 0 fully saturated rings. The minimum atomic E-state index is -3.70. The zero-order valence-corrected chi connectivity index (χ0v) is 12.3. The Morgan fingerprint density at radius 2 is 2.10 bits per heavy atom. The average molecular weight is 320 g/mol. The number of alkyl halides is 2. The molecule has 0 saturated heterocycles. The second-order valence-corrected chi connectivity index (χ2v) is 6.58. The van der Waals surface area contributed by atoms with Gasteiger partial charge in [0.1, 0.15) is 17.1 Å². The van der Waals surface area contributed by atoms with Crippen molar-refractivity contribution in [2.24, 2.45) is 7.05 Å². The van der Waals surface area contributed by atoms with E-state index in [0.717, 1.165) is 4.68 Å². The van der Waals surface area contributed by atoms with E-state index >= 15 is 0 Å². The molecule has 0 bridgehead atoms. The second-order valence-electron chi connectivity index (χ2n) is 4.52. The molecule has 0 spiro atoms. The Morgan fingerprint density at radius 3 is 2.67 bits per heavy atom. The molecule has 0 aliphatic rings. The van der Waals surface area contributed by atoms with Crippen molar-refractivity contribution in [3.63, 3.8) is 0 Å². The smallest absolute Gasteiger partial charge is 0.281 e. The lowest BCUT2D eigenvalue weighted by Gasteiger charge is -2.03. The molecule has 0 atom stereocenters. The van der Waals surface area contributed by atoms with Crippen molar-refractivity contribution in [3.05, 3.63) is 28.9 Å². The Labute approximate surface area is 119 Å². The molecule has 116 valence electrons. The summed E-state index contributed by atoms with van der Waals surface area (Å²) >= 11 is 0. The van der Waals surface area contributed by atoms with Crippen molar-refractivity contribution in [2.75, 3.05) is 0 Å². The molecule has 21 heavy (non-hydrogen) atoms. The van der Waals surface area contributed by atoms with Gasteiger partial charge in [-0.15, -0.1) is 5.10 Å². The Balaban J connectivity index is 2.18. The van der Waals surface area contributed by atoms with E-state index in [1.165, 1.54) is 13.1 Å². The number of halogens is 2. The predicted molar refractivity (Wildman–Crippen MR) is 68.2 cm³/mol. The van der Waals surface area contributed by atoms with E-state index in [1.807, 2.05) is 6.92 Å². The molecule has 0 aliphatic carbocycles. The third-order valence-corrected chi connectivity index (χ3v) is 4.28. The number of aromatic nitrogens is 4. The van der Waals surface area contributed by atoms with Crippen LogP contribution in [0.3, 0.4) is 0 Å². The van der Waals surface area contributed by atoms with Crippen LogP contribution in [0, 0.1) is 0 Å². The van der Waals surface area contributed by atoms with Gasteiger partial charge < -0.3 is 4.52 Å². The average Bonchev–Trinajstić information content (AvgIpc) is 2.95. The van der Waals surface area contributed by atoms with Gasteiger partial charge in [-0.3, -0.25) is 0 Å². The van der Waals surface area contributed by atoms with E-state index in [0.29, 0.717) is 12.2 Å². The highest BCUT2D eigenvalue weighted by atomic mass is 32.2. The first kappa shape index (κ1) is 15.5. The summed E-state index contributed by atoms with van der Waals surface area (Å²) in [7, 11) is -2.41. The Morgan fingerprint density at radius 1 is 1.38 bits per heavy atom. The number of nitrogens with zero attached hydrogens (tertiary/aromatic N) is 4. The summed E-state index contributed by atoms with van der Waals surface area (Å²) in [5.74, 6) is -0.446. The molecule has 0 unspecified atom stereocenters. The van der Waals surface area contributed by atoms with Crippen molar-refractivity contribution >= 4 is 9.84 Å². The van der Waals surface area contributed by atoms with Gasteiger partial charge in [0, 0.05) is 19.5 Å². The molecule has 0 aromatic carbocycles. The maximum atomic E-state index is 12.8. The van der Waals surface area contributed by atoms with Gasteiger partial charge in [-0.2, -0.15) is 0 Å². The van der Waals surface area contributed by atoms with Crippen LogP contribution in [-0.4, -0.2) is 28.6 Å². The van der Waals surface area contributed by atoms with Crippen molar-refractivity contribution in [3.8, 4) is 0 Å². The number of sulfone groups is 1. The SMILES string of the molecule is CCc1cc(CS(=O)(=O)Cc2nnn(C)c2C(F)F)no1. The minimum Gasteiger partial charge on any atom is -0.361 e.